The molecule has 0 saturated carbocycles. The van der Waals surface area contributed by atoms with E-state index in [1.54, 1.807) is 0 Å². The van der Waals surface area contributed by atoms with Crippen LogP contribution >= 0.6 is 12.2 Å². The minimum atomic E-state index is 0.671. The highest BCUT2D eigenvalue weighted by molar-refractivity contribution is 7.71. The maximum Gasteiger partial charge on any atom is 0.230 e. The molecule has 1 aromatic heterocycles. The van der Waals surface area contributed by atoms with Crippen LogP contribution in [0.3, 0.4) is 0 Å². The van der Waals surface area contributed by atoms with Gasteiger partial charge in [0.05, 0.1) is 37.9 Å². The molecule has 0 spiro atoms. The Labute approximate surface area is 212 Å². The van der Waals surface area contributed by atoms with Gasteiger partial charge in [0.15, 0.2) is 0 Å². The molecule has 35 heavy (non-hydrogen) atoms. The Kier molecular flexibility index (Phi) is 7.36. The van der Waals surface area contributed by atoms with Gasteiger partial charge in [0.1, 0.15) is 5.75 Å². The van der Waals surface area contributed by atoms with E-state index in [1.807, 2.05) is 17.7 Å². The Hall–Kier alpha value is -2.88. The maximum absolute atomic E-state index is 5.99. The van der Waals surface area contributed by atoms with Gasteiger partial charge in [0.2, 0.25) is 10.7 Å². The second-order valence-corrected chi connectivity index (χ2v) is 9.32. The Morgan fingerprint density at radius 2 is 1.57 bits per heavy atom. The SMILES string of the molecule is CCOc1ccccc1N1CCN(Cn2nc(N3CCOCC3)n(-c3ccccc3C)c2=S)CC1. The molecule has 2 aliphatic heterocycles. The van der Waals surface area contributed by atoms with Crippen molar-refractivity contribution in [1.29, 1.82) is 0 Å². The Bertz CT molecular complexity index is 1190. The third-order valence-electron chi connectivity index (χ3n) is 6.68. The van der Waals surface area contributed by atoms with E-state index in [2.05, 4.69) is 68.7 Å². The van der Waals surface area contributed by atoms with Gasteiger partial charge in [0.25, 0.3) is 0 Å². The highest BCUT2D eigenvalue weighted by Crippen LogP contribution is 2.29. The summed E-state index contributed by atoms with van der Waals surface area (Å²) in [6.07, 6.45) is 0. The summed E-state index contributed by atoms with van der Waals surface area (Å²) in [6.45, 7) is 12.3. The summed E-state index contributed by atoms with van der Waals surface area (Å²) in [5.74, 6) is 1.86. The first kappa shape index (κ1) is 23.8. The second-order valence-electron chi connectivity index (χ2n) is 8.95. The molecule has 0 bridgehead atoms. The molecule has 186 valence electrons. The summed E-state index contributed by atoms with van der Waals surface area (Å²) in [7, 11) is 0. The van der Waals surface area contributed by atoms with Gasteiger partial charge in [0, 0.05) is 39.3 Å². The van der Waals surface area contributed by atoms with Crippen molar-refractivity contribution in [3.63, 3.8) is 0 Å². The van der Waals surface area contributed by atoms with Crippen LogP contribution in [-0.4, -0.2) is 78.3 Å². The molecule has 5 rings (SSSR count). The molecule has 2 saturated heterocycles. The molecule has 3 aromatic rings. The largest absolute Gasteiger partial charge is 0.492 e. The van der Waals surface area contributed by atoms with E-state index in [-0.39, 0.29) is 0 Å². The molecule has 9 heteroatoms. The summed E-state index contributed by atoms with van der Waals surface area (Å²) in [6, 6.07) is 16.7. The van der Waals surface area contributed by atoms with Crippen molar-refractivity contribution < 1.29 is 9.47 Å². The van der Waals surface area contributed by atoms with Crippen LogP contribution in [0, 0.1) is 11.7 Å². The molecular formula is C26H34N6O2S. The van der Waals surface area contributed by atoms with E-state index in [0.717, 1.165) is 61.4 Å². The normalized spacial score (nSPS) is 17.1. The monoisotopic (exact) mass is 494 g/mol. The lowest BCUT2D eigenvalue weighted by Crippen LogP contribution is -2.47. The van der Waals surface area contributed by atoms with Gasteiger partial charge < -0.3 is 19.3 Å². The number of aromatic nitrogens is 3. The van der Waals surface area contributed by atoms with Gasteiger partial charge in [-0.1, -0.05) is 30.3 Å². The number of aryl methyl sites for hydroxylation is 1. The number of hydrogen-bond donors (Lipinski definition) is 0. The van der Waals surface area contributed by atoms with E-state index in [4.69, 9.17) is 26.8 Å². The van der Waals surface area contributed by atoms with Crippen LogP contribution in [0.25, 0.3) is 5.69 Å². The van der Waals surface area contributed by atoms with Gasteiger partial charge in [-0.2, -0.15) is 0 Å². The summed E-state index contributed by atoms with van der Waals surface area (Å²) >= 11 is 5.99. The van der Waals surface area contributed by atoms with Crippen LogP contribution in [0.15, 0.2) is 48.5 Å². The Morgan fingerprint density at radius 1 is 0.886 bits per heavy atom. The number of para-hydroxylation sites is 3. The molecule has 0 aliphatic carbocycles. The number of nitrogens with zero attached hydrogens (tertiary/aromatic N) is 6. The van der Waals surface area contributed by atoms with Crippen molar-refractivity contribution in [2.45, 2.75) is 20.5 Å². The third-order valence-corrected chi connectivity index (χ3v) is 7.08. The van der Waals surface area contributed by atoms with Gasteiger partial charge in [-0.15, -0.1) is 5.10 Å². The van der Waals surface area contributed by atoms with Crippen molar-refractivity contribution in [3.05, 3.63) is 58.9 Å². The van der Waals surface area contributed by atoms with E-state index in [0.29, 0.717) is 26.5 Å². The first-order valence-electron chi connectivity index (χ1n) is 12.4. The quantitative estimate of drug-likeness (QED) is 0.464. The number of piperazine rings is 1. The second kappa shape index (κ2) is 10.8. The first-order valence-corrected chi connectivity index (χ1v) is 12.8. The minimum absolute atomic E-state index is 0.671. The van der Waals surface area contributed by atoms with Gasteiger partial charge in [-0.3, -0.25) is 9.47 Å². The Morgan fingerprint density at radius 3 is 2.29 bits per heavy atom. The zero-order chi connectivity index (χ0) is 24.2. The fourth-order valence-corrected chi connectivity index (χ4v) is 5.08. The summed E-state index contributed by atoms with van der Waals surface area (Å²) in [5.41, 5.74) is 3.44. The minimum Gasteiger partial charge on any atom is -0.492 e. The first-order chi connectivity index (χ1) is 17.2. The topological polar surface area (TPSA) is 50.9 Å². The zero-order valence-electron chi connectivity index (χ0n) is 20.6. The molecule has 0 radical (unpaired) electrons. The average molecular weight is 495 g/mol. The molecule has 8 nitrogen and oxygen atoms in total. The summed E-state index contributed by atoms with van der Waals surface area (Å²) in [4.78, 5) is 7.12. The standard InChI is InChI=1S/C26H34N6O2S/c1-3-34-24-11-7-6-10-23(24)29-14-12-28(13-15-29)20-31-26(35)32(22-9-5-4-8-21(22)2)25(27-31)30-16-18-33-19-17-30/h4-11H,3,12-20H2,1-2H3. The van der Waals surface area contributed by atoms with Crippen LogP contribution in [-0.2, 0) is 11.4 Å². The molecular weight excluding hydrogens is 460 g/mol. The third kappa shape index (κ3) is 5.07. The number of anilines is 2. The molecule has 0 amide bonds. The fourth-order valence-electron chi connectivity index (χ4n) is 4.80. The maximum atomic E-state index is 5.99. The molecule has 0 atom stereocenters. The number of ether oxygens (including phenoxy) is 2. The molecule has 2 fully saturated rings. The lowest BCUT2D eigenvalue weighted by Gasteiger charge is -2.36. The van der Waals surface area contributed by atoms with E-state index in [1.165, 1.54) is 11.3 Å². The van der Waals surface area contributed by atoms with Crippen molar-refractivity contribution in [2.75, 3.05) is 68.9 Å². The number of rotatable bonds is 7. The average Bonchev–Trinajstić information content (AvgIpc) is 3.21. The van der Waals surface area contributed by atoms with Crippen molar-refractivity contribution in [1.82, 2.24) is 19.2 Å². The summed E-state index contributed by atoms with van der Waals surface area (Å²) < 4.78 is 16.3. The van der Waals surface area contributed by atoms with Crippen LogP contribution in [0.5, 0.6) is 5.75 Å². The molecule has 0 N–H and O–H groups in total. The number of morpholine rings is 1. The van der Waals surface area contributed by atoms with Crippen LogP contribution in [0.2, 0.25) is 0 Å². The zero-order valence-corrected chi connectivity index (χ0v) is 21.4. The summed E-state index contributed by atoms with van der Waals surface area (Å²) in [5, 5.41) is 5.03. The van der Waals surface area contributed by atoms with Crippen LogP contribution in [0.1, 0.15) is 12.5 Å². The van der Waals surface area contributed by atoms with Gasteiger partial charge in [-0.05, 0) is 49.8 Å². The van der Waals surface area contributed by atoms with Crippen LogP contribution in [0.4, 0.5) is 11.6 Å². The lowest BCUT2D eigenvalue weighted by molar-refractivity contribution is 0.121. The van der Waals surface area contributed by atoms with E-state index >= 15 is 0 Å². The lowest BCUT2D eigenvalue weighted by atomic mass is 10.2. The molecule has 2 aromatic carbocycles. The highest BCUT2D eigenvalue weighted by Gasteiger charge is 2.24. The fraction of sp³-hybridized carbons (Fsp3) is 0.462. The van der Waals surface area contributed by atoms with Gasteiger partial charge in [-0.25, -0.2) is 4.68 Å². The number of benzene rings is 2. The molecule has 0 unspecified atom stereocenters. The van der Waals surface area contributed by atoms with Crippen LogP contribution < -0.4 is 14.5 Å². The van der Waals surface area contributed by atoms with Crippen molar-refractivity contribution in [2.24, 2.45) is 0 Å². The molecule has 3 heterocycles. The van der Waals surface area contributed by atoms with Gasteiger partial charge >= 0.3 is 0 Å². The number of hydrogen-bond acceptors (Lipinski definition) is 7. The molecule has 2 aliphatic rings. The van der Waals surface area contributed by atoms with Crippen molar-refractivity contribution >= 4 is 23.9 Å². The van der Waals surface area contributed by atoms with E-state index < -0.39 is 0 Å². The van der Waals surface area contributed by atoms with E-state index in [9.17, 15) is 0 Å². The smallest absolute Gasteiger partial charge is 0.230 e. The van der Waals surface area contributed by atoms with Crippen molar-refractivity contribution in [3.8, 4) is 11.4 Å². The highest BCUT2D eigenvalue weighted by atomic mass is 32.1. The predicted molar refractivity (Wildman–Crippen MR) is 142 cm³/mol. The predicted octanol–water partition coefficient (Wildman–Crippen LogP) is 3.73. The Balaban J connectivity index is 1.36.